The van der Waals surface area contributed by atoms with Crippen LogP contribution in [0.15, 0.2) is 12.1 Å². The molecule has 0 atom stereocenters. The van der Waals surface area contributed by atoms with Gasteiger partial charge in [-0.05, 0) is 89.6 Å². The molecule has 2 rings (SSSR count). The number of piperidine rings is 1. The number of rotatable bonds is 6. The molecule has 1 aromatic carbocycles. The number of benzene rings is 1. The first-order chi connectivity index (χ1) is 14.6. The zero-order valence-electron chi connectivity index (χ0n) is 20.3. The molecule has 9 heteroatoms. The van der Waals surface area contributed by atoms with Gasteiger partial charge in [-0.1, -0.05) is 0 Å². The number of carbonyl (C=O) groups excluding carboxylic acids is 2. The lowest BCUT2D eigenvalue weighted by Crippen LogP contribution is -2.56. The summed E-state index contributed by atoms with van der Waals surface area (Å²) >= 11 is 0. The molecule has 0 aliphatic carbocycles. The number of nitrogens with two attached hydrogens (primary N) is 1. The van der Waals surface area contributed by atoms with Crippen molar-refractivity contribution in [2.24, 2.45) is 5.73 Å². The Hall–Kier alpha value is -1.97. The third kappa shape index (κ3) is 6.30. The molecule has 1 aliphatic rings. The fourth-order valence-corrected chi connectivity index (χ4v) is 5.33. The normalized spacial score (nSPS) is 17.1. The Morgan fingerprint density at radius 3 is 2.09 bits per heavy atom. The average Bonchev–Trinajstić information content (AvgIpc) is 2.65. The highest BCUT2D eigenvalue weighted by Crippen LogP contribution is 2.26. The van der Waals surface area contributed by atoms with Crippen LogP contribution in [-0.2, 0) is 26.0 Å². The lowest BCUT2D eigenvalue weighted by atomic mass is 9.86. The number of hydrogen-bond donors (Lipinski definition) is 1. The number of Topliss-reactive ketones (excluding diaryl/α,β-unsaturated/α-hetero) is 1. The standard InChI is InChI=1S/C23H37N3O5S/c1-16-14-19(25(7)21(28)31-22(4,5)6)15-17(2)20(16)8-13-32(29,30)26-11-9-23(24,10-12-26)18(3)27/h14-15H,8-13,24H2,1-7H3. The maximum atomic E-state index is 12.9. The van der Waals surface area contributed by atoms with Gasteiger partial charge in [0.1, 0.15) is 11.4 Å². The quantitative estimate of drug-likeness (QED) is 0.689. The van der Waals surface area contributed by atoms with E-state index in [1.807, 2.05) is 46.8 Å². The van der Waals surface area contributed by atoms with Gasteiger partial charge in [0.05, 0.1) is 11.3 Å². The number of aryl methyl sites for hydroxylation is 2. The molecule has 1 amide bonds. The summed E-state index contributed by atoms with van der Waals surface area (Å²) in [5, 5.41) is 0. The van der Waals surface area contributed by atoms with Gasteiger partial charge in [-0.25, -0.2) is 17.5 Å². The van der Waals surface area contributed by atoms with Crippen molar-refractivity contribution in [3.05, 3.63) is 28.8 Å². The van der Waals surface area contributed by atoms with E-state index >= 15 is 0 Å². The molecule has 32 heavy (non-hydrogen) atoms. The summed E-state index contributed by atoms with van der Waals surface area (Å²) < 4.78 is 32.6. The highest BCUT2D eigenvalue weighted by atomic mass is 32.2. The molecule has 0 unspecified atom stereocenters. The molecular weight excluding hydrogens is 430 g/mol. The fraction of sp³-hybridized carbons (Fsp3) is 0.652. The molecule has 1 aliphatic heterocycles. The second-order valence-corrected chi connectivity index (χ2v) is 11.9. The number of ether oxygens (including phenoxy) is 1. The summed E-state index contributed by atoms with van der Waals surface area (Å²) in [6.07, 6.45) is 0.600. The van der Waals surface area contributed by atoms with Gasteiger partial charge in [0.15, 0.2) is 0 Å². The summed E-state index contributed by atoms with van der Waals surface area (Å²) in [5.74, 6) is -0.120. The van der Waals surface area contributed by atoms with Crippen molar-refractivity contribution in [1.29, 1.82) is 0 Å². The first kappa shape index (κ1) is 26.3. The monoisotopic (exact) mass is 467 g/mol. The molecule has 180 valence electrons. The third-order valence-electron chi connectivity index (χ3n) is 6.05. The lowest BCUT2D eigenvalue weighted by Gasteiger charge is -2.36. The topological polar surface area (TPSA) is 110 Å². The van der Waals surface area contributed by atoms with E-state index in [0.29, 0.717) is 24.9 Å². The van der Waals surface area contributed by atoms with Gasteiger partial charge in [0.2, 0.25) is 10.0 Å². The van der Waals surface area contributed by atoms with Crippen LogP contribution >= 0.6 is 0 Å². The highest BCUT2D eigenvalue weighted by molar-refractivity contribution is 7.89. The van der Waals surface area contributed by atoms with E-state index in [1.165, 1.54) is 16.1 Å². The Balaban J connectivity index is 2.09. The Morgan fingerprint density at radius 2 is 1.66 bits per heavy atom. The van der Waals surface area contributed by atoms with Crippen LogP contribution in [0.2, 0.25) is 0 Å². The van der Waals surface area contributed by atoms with E-state index in [1.54, 1.807) is 7.05 Å². The number of carbonyl (C=O) groups is 2. The van der Waals surface area contributed by atoms with E-state index in [9.17, 15) is 18.0 Å². The van der Waals surface area contributed by atoms with Crippen molar-refractivity contribution in [2.45, 2.75) is 71.9 Å². The second-order valence-electron chi connectivity index (χ2n) is 9.77. The summed E-state index contributed by atoms with van der Waals surface area (Å²) in [5.41, 5.74) is 8.06. The molecule has 8 nitrogen and oxygen atoms in total. The summed E-state index contributed by atoms with van der Waals surface area (Å²) in [6.45, 7) is 11.2. The molecular formula is C23H37N3O5S. The highest BCUT2D eigenvalue weighted by Gasteiger charge is 2.38. The molecule has 0 spiro atoms. The van der Waals surface area contributed by atoms with Crippen LogP contribution in [0.25, 0.3) is 0 Å². The number of sulfonamides is 1. The van der Waals surface area contributed by atoms with Crippen molar-refractivity contribution >= 4 is 27.6 Å². The molecule has 2 N–H and O–H groups in total. The molecule has 0 radical (unpaired) electrons. The van der Waals surface area contributed by atoms with Crippen LogP contribution in [0, 0.1) is 13.8 Å². The second kappa shape index (κ2) is 9.49. The first-order valence-corrected chi connectivity index (χ1v) is 12.5. The van der Waals surface area contributed by atoms with Crippen LogP contribution in [-0.4, -0.2) is 61.6 Å². The predicted octanol–water partition coefficient (Wildman–Crippen LogP) is 2.93. The summed E-state index contributed by atoms with van der Waals surface area (Å²) in [4.78, 5) is 25.6. The third-order valence-corrected chi connectivity index (χ3v) is 7.93. The SMILES string of the molecule is CC(=O)C1(N)CCN(S(=O)(=O)CCc2c(C)cc(N(C)C(=O)OC(C)(C)C)cc2C)CC1. The van der Waals surface area contributed by atoms with Crippen LogP contribution in [0.3, 0.4) is 0 Å². The van der Waals surface area contributed by atoms with Crippen molar-refractivity contribution < 1.29 is 22.7 Å². The first-order valence-electron chi connectivity index (χ1n) is 10.9. The number of amides is 1. The Labute approximate surface area is 192 Å². The van der Waals surface area contributed by atoms with E-state index in [-0.39, 0.29) is 24.6 Å². The van der Waals surface area contributed by atoms with Gasteiger partial charge in [0.25, 0.3) is 0 Å². The molecule has 1 fully saturated rings. The molecule has 0 saturated carbocycles. The van der Waals surface area contributed by atoms with Crippen LogP contribution in [0.1, 0.15) is 57.2 Å². The van der Waals surface area contributed by atoms with Gasteiger partial charge >= 0.3 is 6.09 Å². The van der Waals surface area contributed by atoms with Gasteiger partial charge in [-0.15, -0.1) is 0 Å². The van der Waals surface area contributed by atoms with E-state index < -0.39 is 27.3 Å². The Kier molecular flexibility index (Phi) is 7.79. The number of ketones is 1. The summed E-state index contributed by atoms with van der Waals surface area (Å²) in [7, 11) is -1.82. The smallest absolute Gasteiger partial charge is 0.414 e. The zero-order valence-corrected chi connectivity index (χ0v) is 21.1. The van der Waals surface area contributed by atoms with Crippen molar-refractivity contribution in [1.82, 2.24) is 4.31 Å². The van der Waals surface area contributed by atoms with E-state index in [4.69, 9.17) is 10.5 Å². The minimum Gasteiger partial charge on any atom is -0.443 e. The van der Waals surface area contributed by atoms with Crippen molar-refractivity contribution in [3.63, 3.8) is 0 Å². The lowest BCUT2D eigenvalue weighted by molar-refractivity contribution is -0.123. The number of nitrogens with zero attached hydrogens (tertiary/aromatic N) is 2. The molecule has 1 aromatic rings. The maximum absolute atomic E-state index is 12.9. The number of hydrogen-bond acceptors (Lipinski definition) is 6. The Bertz CT molecular complexity index is 951. The van der Waals surface area contributed by atoms with E-state index in [2.05, 4.69) is 0 Å². The summed E-state index contributed by atoms with van der Waals surface area (Å²) in [6, 6.07) is 3.74. The van der Waals surface area contributed by atoms with Gasteiger partial charge in [-0.2, -0.15) is 0 Å². The van der Waals surface area contributed by atoms with Gasteiger partial charge in [-0.3, -0.25) is 9.69 Å². The minimum absolute atomic E-state index is 0.0203. The Morgan fingerprint density at radius 1 is 1.16 bits per heavy atom. The largest absolute Gasteiger partial charge is 0.443 e. The van der Waals surface area contributed by atoms with Crippen LogP contribution in [0.4, 0.5) is 10.5 Å². The molecule has 1 saturated heterocycles. The zero-order chi connectivity index (χ0) is 24.5. The predicted molar refractivity (Wildman–Crippen MR) is 126 cm³/mol. The van der Waals surface area contributed by atoms with Gasteiger partial charge < -0.3 is 10.5 Å². The molecule has 0 aromatic heterocycles. The van der Waals surface area contributed by atoms with Crippen molar-refractivity contribution in [3.8, 4) is 0 Å². The maximum Gasteiger partial charge on any atom is 0.414 e. The van der Waals surface area contributed by atoms with Crippen LogP contribution in [0.5, 0.6) is 0 Å². The molecule has 1 heterocycles. The van der Waals surface area contributed by atoms with Gasteiger partial charge in [0, 0.05) is 25.8 Å². The average molecular weight is 468 g/mol. The fourth-order valence-electron chi connectivity index (χ4n) is 3.87. The number of anilines is 1. The van der Waals surface area contributed by atoms with Crippen LogP contribution < -0.4 is 10.6 Å². The van der Waals surface area contributed by atoms with Crippen molar-refractivity contribution in [2.75, 3.05) is 30.8 Å². The minimum atomic E-state index is -3.47. The van der Waals surface area contributed by atoms with E-state index in [0.717, 1.165) is 16.7 Å². The molecule has 0 bridgehead atoms.